The molecule has 0 atom stereocenters. The van der Waals surface area contributed by atoms with E-state index in [9.17, 15) is 14.4 Å². The number of amides is 1. The van der Waals surface area contributed by atoms with Crippen LogP contribution < -0.4 is 10.9 Å². The lowest BCUT2D eigenvalue weighted by Crippen LogP contribution is -2.31. The van der Waals surface area contributed by atoms with Crippen molar-refractivity contribution in [2.24, 2.45) is 0 Å². The van der Waals surface area contributed by atoms with Crippen molar-refractivity contribution < 1.29 is 14.3 Å². The Morgan fingerprint density at radius 2 is 1.75 bits per heavy atom. The van der Waals surface area contributed by atoms with Crippen molar-refractivity contribution in [1.82, 2.24) is 9.55 Å². The molecule has 0 aliphatic rings. The predicted molar refractivity (Wildman–Crippen MR) is 105 cm³/mol. The molecule has 0 saturated heterocycles. The van der Waals surface area contributed by atoms with Gasteiger partial charge in [0.25, 0.3) is 5.56 Å². The number of hydrogen-bond acceptors (Lipinski definition) is 5. The van der Waals surface area contributed by atoms with Gasteiger partial charge in [0.1, 0.15) is 18.6 Å². The predicted octanol–water partition coefficient (Wildman–Crippen LogP) is 3.53. The number of nitrogens with one attached hydrogen (secondary N) is 1. The fourth-order valence-corrected chi connectivity index (χ4v) is 2.53. The molecule has 0 aliphatic carbocycles. The van der Waals surface area contributed by atoms with Crippen LogP contribution in [0.1, 0.15) is 15.9 Å². The van der Waals surface area contributed by atoms with Crippen molar-refractivity contribution in [3.8, 4) is 0 Å². The van der Waals surface area contributed by atoms with E-state index in [0.717, 1.165) is 22.7 Å². The van der Waals surface area contributed by atoms with Crippen LogP contribution >= 0.6 is 11.6 Å². The second kappa shape index (κ2) is 8.96. The van der Waals surface area contributed by atoms with Crippen LogP contribution in [-0.4, -0.2) is 21.6 Å². The van der Waals surface area contributed by atoms with E-state index in [4.69, 9.17) is 16.3 Å². The number of hydrogen-bond donors (Lipinski definition) is 1. The first-order valence-electron chi connectivity index (χ1n) is 8.35. The average Bonchev–Trinajstić information content (AvgIpc) is 2.70. The zero-order chi connectivity index (χ0) is 19.9. The van der Waals surface area contributed by atoms with Gasteiger partial charge >= 0.3 is 6.09 Å². The lowest BCUT2D eigenvalue weighted by Gasteiger charge is -2.09. The van der Waals surface area contributed by atoms with Crippen LogP contribution in [0.5, 0.6) is 0 Å². The third kappa shape index (κ3) is 5.05. The molecule has 0 fully saturated rings. The molecular weight excluding hydrogens is 382 g/mol. The Morgan fingerprint density at radius 1 is 1.04 bits per heavy atom. The summed E-state index contributed by atoms with van der Waals surface area (Å²) in [6.45, 7) is 0.0522. The highest BCUT2D eigenvalue weighted by Gasteiger charge is 2.14. The summed E-state index contributed by atoms with van der Waals surface area (Å²) in [5.74, 6) is -0.485. The molecule has 1 aromatic heterocycles. The van der Waals surface area contributed by atoms with Crippen LogP contribution in [0.25, 0.3) is 0 Å². The van der Waals surface area contributed by atoms with Gasteiger partial charge in [-0.1, -0.05) is 54.1 Å². The fourth-order valence-electron chi connectivity index (χ4n) is 2.41. The number of anilines is 1. The minimum atomic E-state index is -0.814. The number of aromatic nitrogens is 2. The van der Waals surface area contributed by atoms with Crippen LogP contribution in [0.3, 0.4) is 0 Å². The van der Waals surface area contributed by atoms with E-state index in [1.165, 1.54) is 0 Å². The minimum absolute atomic E-state index is 0.0132. The van der Waals surface area contributed by atoms with E-state index in [-0.39, 0.29) is 18.7 Å². The van der Waals surface area contributed by atoms with Gasteiger partial charge in [0.05, 0.1) is 12.6 Å². The zero-order valence-corrected chi connectivity index (χ0v) is 15.4. The Bertz CT molecular complexity index is 1030. The minimum Gasteiger partial charge on any atom is -0.444 e. The molecule has 3 rings (SSSR count). The summed E-state index contributed by atoms with van der Waals surface area (Å²) in [5, 5.41) is 2.87. The van der Waals surface area contributed by atoms with Crippen molar-refractivity contribution in [2.45, 2.75) is 13.0 Å². The van der Waals surface area contributed by atoms with Gasteiger partial charge < -0.3 is 4.74 Å². The second-order valence-electron chi connectivity index (χ2n) is 5.87. The maximum absolute atomic E-state index is 12.5. The highest BCUT2D eigenvalue weighted by atomic mass is 35.5. The summed E-state index contributed by atoms with van der Waals surface area (Å²) >= 11 is 5.82. The van der Waals surface area contributed by atoms with Crippen molar-refractivity contribution in [3.63, 3.8) is 0 Å². The summed E-state index contributed by atoms with van der Waals surface area (Å²) < 4.78 is 5.92. The van der Waals surface area contributed by atoms with E-state index in [2.05, 4.69) is 10.3 Å². The summed E-state index contributed by atoms with van der Waals surface area (Å²) in [6.07, 6.45) is 1.45. The van der Waals surface area contributed by atoms with Crippen LogP contribution in [0, 0.1) is 0 Å². The van der Waals surface area contributed by atoms with Crippen LogP contribution in [0.4, 0.5) is 10.5 Å². The highest BCUT2D eigenvalue weighted by Crippen LogP contribution is 2.10. The van der Waals surface area contributed by atoms with Gasteiger partial charge in [-0.15, -0.1) is 0 Å². The molecule has 0 spiro atoms. The molecule has 8 heteroatoms. The normalized spacial score (nSPS) is 10.3. The van der Waals surface area contributed by atoms with Gasteiger partial charge in [-0.25, -0.2) is 14.3 Å². The van der Waals surface area contributed by atoms with E-state index < -0.39 is 17.6 Å². The zero-order valence-electron chi connectivity index (χ0n) is 14.7. The molecule has 1 heterocycles. The number of ether oxygens (including phenoxy) is 1. The summed E-state index contributed by atoms with van der Waals surface area (Å²) in [7, 11) is 0. The smallest absolute Gasteiger partial charge is 0.412 e. The Morgan fingerprint density at radius 3 is 2.46 bits per heavy atom. The van der Waals surface area contributed by atoms with E-state index >= 15 is 0 Å². The number of halogens is 1. The largest absolute Gasteiger partial charge is 0.444 e. The molecule has 7 nitrogen and oxygen atoms in total. The lowest BCUT2D eigenvalue weighted by molar-refractivity contribution is 0.0908. The van der Waals surface area contributed by atoms with E-state index in [1.54, 1.807) is 36.4 Å². The molecule has 142 valence electrons. The van der Waals surface area contributed by atoms with Crippen LogP contribution in [-0.2, 0) is 17.8 Å². The Hall–Kier alpha value is -3.45. The number of benzene rings is 2. The molecule has 0 bridgehead atoms. The highest BCUT2D eigenvalue weighted by molar-refractivity contribution is 6.30. The summed E-state index contributed by atoms with van der Waals surface area (Å²) in [4.78, 5) is 40.7. The third-order valence-corrected chi connectivity index (χ3v) is 4.07. The number of carbonyl (C=O) groups is 2. The van der Waals surface area contributed by atoms with E-state index in [1.807, 2.05) is 18.2 Å². The van der Waals surface area contributed by atoms with Crippen LogP contribution in [0.2, 0.25) is 5.02 Å². The molecule has 0 unspecified atom stereocenters. The Balaban J connectivity index is 1.66. The van der Waals surface area contributed by atoms with Gasteiger partial charge in [-0.2, -0.15) is 0 Å². The summed E-state index contributed by atoms with van der Waals surface area (Å²) in [6, 6.07) is 15.8. The lowest BCUT2D eigenvalue weighted by atomic mass is 10.1. The number of nitrogens with zero attached hydrogens (tertiary/aromatic N) is 2. The maximum atomic E-state index is 12.5. The first-order chi connectivity index (χ1) is 13.5. The van der Waals surface area contributed by atoms with Gasteiger partial charge in [0.15, 0.2) is 0 Å². The number of carbonyl (C=O) groups excluding carboxylic acids is 2. The quantitative estimate of drug-likeness (QED) is 0.711. The fraction of sp³-hybridized carbons (Fsp3) is 0.100. The topological polar surface area (TPSA) is 90.3 Å². The molecule has 1 amide bonds. The first-order valence-corrected chi connectivity index (χ1v) is 8.73. The second-order valence-corrected chi connectivity index (χ2v) is 6.30. The number of rotatable bonds is 5. The first kappa shape index (κ1) is 19.3. The molecule has 28 heavy (non-hydrogen) atoms. The van der Waals surface area contributed by atoms with E-state index in [0.29, 0.717) is 10.6 Å². The van der Waals surface area contributed by atoms with Crippen molar-refractivity contribution in [1.29, 1.82) is 0 Å². The van der Waals surface area contributed by atoms with Crippen LogP contribution in [0.15, 0.2) is 71.9 Å². The molecule has 1 N–H and O–H groups in total. The van der Waals surface area contributed by atoms with Gasteiger partial charge in [-0.05, 0) is 23.3 Å². The molecule has 3 aromatic rings. The molecule has 0 aliphatic heterocycles. The third-order valence-electron chi connectivity index (χ3n) is 3.82. The van der Waals surface area contributed by atoms with Crippen molar-refractivity contribution in [2.75, 3.05) is 5.32 Å². The standard InChI is InChI=1S/C20H16ClN3O4/c21-16-8-6-14(7-9-16)10-18(25)24-13-22-11-17(19(24)26)23-20(27)28-12-15-4-2-1-3-5-15/h1-9,11,13H,10,12H2,(H,23,27). The molecule has 0 saturated carbocycles. The molecule has 2 aromatic carbocycles. The monoisotopic (exact) mass is 397 g/mol. The average molecular weight is 398 g/mol. The molecule has 0 radical (unpaired) electrons. The summed E-state index contributed by atoms with van der Waals surface area (Å²) in [5.41, 5.74) is 0.664. The maximum Gasteiger partial charge on any atom is 0.412 e. The van der Waals surface area contributed by atoms with Crippen molar-refractivity contribution >= 4 is 29.3 Å². The molecular formula is C20H16ClN3O4. The van der Waals surface area contributed by atoms with Gasteiger partial charge in [0, 0.05) is 5.02 Å². The van der Waals surface area contributed by atoms with Crippen molar-refractivity contribution in [3.05, 3.63) is 93.6 Å². The van der Waals surface area contributed by atoms with Gasteiger partial charge in [-0.3, -0.25) is 14.9 Å². The SMILES string of the molecule is O=C(Nc1cncn(C(=O)Cc2ccc(Cl)cc2)c1=O)OCc1ccccc1. The Kier molecular flexibility index (Phi) is 6.18. The Labute approximate surface area is 165 Å². The van der Waals surface area contributed by atoms with Gasteiger partial charge in [0.2, 0.25) is 5.91 Å².